The summed E-state index contributed by atoms with van der Waals surface area (Å²) in [4.78, 5) is 36.4. The number of rotatable bonds is 13. The third-order valence-electron chi connectivity index (χ3n) is 8.90. The Hall–Kier alpha value is -2.61. The van der Waals surface area contributed by atoms with Gasteiger partial charge in [0.25, 0.3) is 5.91 Å². The summed E-state index contributed by atoms with van der Waals surface area (Å²) in [5.41, 5.74) is 3.53. The average Bonchev–Trinajstić information content (AvgIpc) is 2.82. The van der Waals surface area contributed by atoms with Gasteiger partial charge in [-0.2, -0.15) is 0 Å². The van der Waals surface area contributed by atoms with Crippen LogP contribution < -0.4 is 21.4 Å². The molecule has 0 spiro atoms. The Morgan fingerprint density at radius 3 is 2.05 bits per heavy atom. The van der Waals surface area contributed by atoms with E-state index in [1.165, 1.54) is 19.3 Å². The molecule has 4 fully saturated rings. The summed E-state index contributed by atoms with van der Waals surface area (Å²) in [6.07, 6.45) is 14.5. The predicted molar refractivity (Wildman–Crippen MR) is 148 cm³/mol. The minimum atomic E-state index is -0.325. The number of unbranched alkanes of at least 4 members (excludes halogenated alkanes) is 6. The van der Waals surface area contributed by atoms with Crippen molar-refractivity contribution in [2.45, 2.75) is 109 Å². The number of hydrogen-bond acceptors (Lipinski definition) is 4. The molecule has 0 radical (unpaired) electrons. The molecule has 1 aromatic rings. The standard InChI is InChI=1S/C30H46N4O4/c1-28-16-22-17-29(2,19-28)21-30(18-22,20-28)33-27(37)32-24-13-11-23(12-14-24)26(36)31-15-9-7-5-3-4-6-8-10-25(35)34-38/h11-14,22,38H,3-10,15-21H2,1-2H3,(H,31,36)(H,34,35)(H2,32,33,37)/t22?,28-,29+,30?. The highest BCUT2D eigenvalue weighted by atomic mass is 16.5. The van der Waals surface area contributed by atoms with Gasteiger partial charge in [-0.25, -0.2) is 10.3 Å². The number of anilines is 1. The first-order valence-electron chi connectivity index (χ1n) is 14.5. The van der Waals surface area contributed by atoms with Crippen molar-refractivity contribution in [3.63, 3.8) is 0 Å². The van der Waals surface area contributed by atoms with E-state index in [-0.39, 0.29) is 23.4 Å². The number of urea groups is 1. The van der Waals surface area contributed by atoms with Gasteiger partial charge in [0.05, 0.1) is 0 Å². The van der Waals surface area contributed by atoms with Gasteiger partial charge in [-0.3, -0.25) is 14.8 Å². The second-order valence-electron chi connectivity index (χ2n) is 13.1. The third-order valence-corrected chi connectivity index (χ3v) is 8.90. The van der Waals surface area contributed by atoms with Gasteiger partial charge in [-0.15, -0.1) is 0 Å². The lowest BCUT2D eigenvalue weighted by Crippen LogP contribution is -2.65. The van der Waals surface area contributed by atoms with Crippen LogP contribution >= 0.6 is 0 Å². The van der Waals surface area contributed by atoms with Gasteiger partial charge in [0, 0.05) is 29.8 Å². The largest absolute Gasteiger partial charge is 0.352 e. The van der Waals surface area contributed by atoms with Crippen LogP contribution in [0.3, 0.4) is 0 Å². The minimum absolute atomic E-state index is 0.0920. The molecule has 1 aromatic carbocycles. The van der Waals surface area contributed by atoms with E-state index in [4.69, 9.17) is 5.21 Å². The molecule has 8 nitrogen and oxygen atoms in total. The van der Waals surface area contributed by atoms with E-state index in [9.17, 15) is 14.4 Å². The smallest absolute Gasteiger partial charge is 0.319 e. The van der Waals surface area contributed by atoms with Crippen molar-refractivity contribution >= 4 is 23.5 Å². The number of carbonyl (C=O) groups is 3. The molecule has 38 heavy (non-hydrogen) atoms. The number of hydroxylamine groups is 1. The number of hydrogen-bond donors (Lipinski definition) is 5. The molecule has 0 saturated heterocycles. The lowest BCUT2D eigenvalue weighted by molar-refractivity contribution is -0.129. The molecule has 4 atom stereocenters. The van der Waals surface area contributed by atoms with Crippen molar-refractivity contribution in [3.05, 3.63) is 29.8 Å². The molecule has 4 amide bonds. The molecular weight excluding hydrogens is 480 g/mol. The minimum Gasteiger partial charge on any atom is -0.352 e. The second kappa shape index (κ2) is 12.1. The van der Waals surface area contributed by atoms with Crippen molar-refractivity contribution in [1.29, 1.82) is 0 Å². The summed E-state index contributed by atoms with van der Waals surface area (Å²) in [5, 5.41) is 17.8. The van der Waals surface area contributed by atoms with Crippen LogP contribution in [0.2, 0.25) is 0 Å². The van der Waals surface area contributed by atoms with E-state index in [1.54, 1.807) is 29.7 Å². The molecule has 4 aliphatic carbocycles. The van der Waals surface area contributed by atoms with Crippen LogP contribution in [-0.4, -0.2) is 35.1 Å². The zero-order valence-electron chi connectivity index (χ0n) is 23.2. The third kappa shape index (κ3) is 7.49. The first-order valence-corrected chi connectivity index (χ1v) is 14.5. The molecule has 0 aliphatic heterocycles. The number of carbonyl (C=O) groups excluding carboxylic acids is 3. The van der Waals surface area contributed by atoms with Gasteiger partial charge in [-0.1, -0.05) is 46.0 Å². The van der Waals surface area contributed by atoms with E-state index >= 15 is 0 Å². The molecule has 5 N–H and O–H groups in total. The fourth-order valence-electron chi connectivity index (χ4n) is 8.35. The quantitative estimate of drug-likeness (QED) is 0.125. The fourth-order valence-corrected chi connectivity index (χ4v) is 8.35. The molecule has 0 heterocycles. The SMILES string of the molecule is C[C@]12CC3CC(NC(=O)Nc4ccc(C(=O)NCCCCCCCCCC(=O)NO)cc4)(C1)C[C@@](C)(C3)C2. The van der Waals surface area contributed by atoms with Crippen LogP contribution in [0, 0.1) is 16.7 Å². The molecule has 4 bridgehead atoms. The van der Waals surface area contributed by atoms with Gasteiger partial charge in [0.2, 0.25) is 5.91 Å². The Balaban J connectivity index is 1.12. The maximum absolute atomic E-state index is 12.9. The highest BCUT2D eigenvalue weighted by molar-refractivity contribution is 5.95. The summed E-state index contributed by atoms with van der Waals surface area (Å²) in [6.45, 7) is 5.45. The summed E-state index contributed by atoms with van der Waals surface area (Å²) in [6, 6.07) is 6.96. The van der Waals surface area contributed by atoms with E-state index in [0.717, 1.165) is 70.1 Å². The van der Waals surface area contributed by atoms with E-state index in [1.807, 2.05) is 0 Å². The Labute approximate surface area is 227 Å². The first kappa shape index (κ1) is 28.4. The van der Waals surface area contributed by atoms with Crippen molar-refractivity contribution in [3.8, 4) is 0 Å². The molecule has 2 unspecified atom stereocenters. The van der Waals surface area contributed by atoms with Crippen LogP contribution in [0.1, 0.15) is 114 Å². The highest BCUT2D eigenvalue weighted by Crippen LogP contribution is 2.66. The fraction of sp³-hybridized carbons (Fsp3) is 0.700. The number of benzene rings is 1. The molecule has 210 valence electrons. The lowest BCUT2D eigenvalue weighted by Gasteiger charge is -2.65. The maximum atomic E-state index is 12.9. The predicted octanol–water partition coefficient (Wildman–Crippen LogP) is 5.91. The summed E-state index contributed by atoms with van der Waals surface area (Å²) in [5.74, 6) is 0.296. The lowest BCUT2D eigenvalue weighted by atomic mass is 9.43. The van der Waals surface area contributed by atoms with Crippen molar-refractivity contribution in [2.75, 3.05) is 11.9 Å². The van der Waals surface area contributed by atoms with Crippen LogP contribution in [-0.2, 0) is 4.79 Å². The van der Waals surface area contributed by atoms with E-state index in [2.05, 4.69) is 29.8 Å². The number of nitrogens with one attached hydrogen (secondary N) is 4. The summed E-state index contributed by atoms with van der Waals surface area (Å²) in [7, 11) is 0. The Bertz CT molecular complexity index is 976. The van der Waals surface area contributed by atoms with Crippen LogP contribution in [0.25, 0.3) is 0 Å². The normalized spacial score (nSPS) is 29.1. The molecular formula is C30H46N4O4. The van der Waals surface area contributed by atoms with Gasteiger partial charge in [0.15, 0.2) is 0 Å². The zero-order chi connectivity index (χ0) is 27.2. The first-order chi connectivity index (χ1) is 18.1. The molecule has 4 saturated carbocycles. The molecule has 5 rings (SSSR count). The Morgan fingerprint density at radius 2 is 1.45 bits per heavy atom. The Morgan fingerprint density at radius 1 is 0.842 bits per heavy atom. The van der Waals surface area contributed by atoms with Crippen molar-refractivity contribution < 1.29 is 19.6 Å². The summed E-state index contributed by atoms with van der Waals surface area (Å²) >= 11 is 0. The summed E-state index contributed by atoms with van der Waals surface area (Å²) < 4.78 is 0. The maximum Gasteiger partial charge on any atom is 0.319 e. The van der Waals surface area contributed by atoms with Crippen LogP contribution in [0.5, 0.6) is 0 Å². The monoisotopic (exact) mass is 526 g/mol. The van der Waals surface area contributed by atoms with Crippen LogP contribution in [0.4, 0.5) is 10.5 Å². The highest BCUT2D eigenvalue weighted by Gasteiger charge is 2.60. The number of amides is 4. The van der Waals surface area contributed by atoms with Crippen molar-refractivity contribution in [2.24, 2.45) is 16.7 Å². The molecule has 0 aromatic heterocycles. The molecule has 8 heteroatoms. The van der Waals surface area contributed by atoms with Gasteiger partial charge < -0.3 is 16.0 Å². The average molecular weight is 527 g/mol. The van der Waals surface area contributed by atoms with E-state index in [0.29, 0.717) is 35.0 Å². The topological polar surface area (TPSA) is 120 Å². The van der Waals surface area contributed by atoms with Gasteiger partial charge >= 0.3 is 6.03 Å². The van der Waals surface area contributed by atoms with Gasteiger partial charge in [-0.05, 0) is 92.4 Å². The van der Waals surface area contributed by atoms with E-state index < -0.39 is 0 Å². The molecule has 4 aliphatic rings. The zero-order valence-corrected chi connectivity index (χ0v) is 23.2. The van der Waals surface area contributed by atoms with Crippen molar-refractivity contribution in [1.82, 2.24) is 16.1 Å². The van der Waals surface area contributed by atoms with Crippen LogP contribution in [0.15, 0.2) is 24.3 Å². The van der Waals surface area contributed by atoms with Gasteiger partial charge in [0.1, 0.15) is 0 Å². The second-order valence-corrected chi connectivity index (χ2v) is 13.1. The Kier molecular flexibility index (Phi) is 9.01.